The molecule has 2 aromatic heterocycles. The number of carboxylic acids is 1. The van der Waals surface area contributed by atoms with E-state index in [0.717, 1.165) is 36.9 Å². The van der Waals surface area contributed by atoms with E-state index in [9.17, 15) is 9.59 Å². The second kappa shape index (κ2) is 5.65. The minimum absolute atomic E-state index is 0.149. The summed E-state index contributed by atoms with van der Waals surface area (Å²) in [4.78, 5) is 26.9. The lowest BCUT2D eigenvalue weighted by molar-refractivity contribution is -0.136. The molecule has 0 saturated heterocycles. The maximum atomic E-state index is 12.2. The summed E-state index contributed by atoms with van der Waals surface area (Å²) in [5.74, 6) is -1.25. The largest absolute Gasteiger partial charge is 0.481 e. The molecule has 2 heterocycles. The Morgan fingerprint density at radius 3 is 3.00 bits per heavy atom. The number of thiazole rings is 1. The van der Waals surface area contributed by atoms with Crippen LogP contribution in [0.5, 0.6) is 0 Å². The normalized spacial score (nSPS) is 13.7. The van der Waals surface area contributed by atoms with Gasteiger partial charge in [0.05, 0.1) is 12.1 Å². The van der Waals surface area contributed by atoms with Gasteiger partial charge in [0.25, 0.3) is 5.91 Å². The van der Waals surface area contributed by atoms with Gasteiger partial charge >= 0.3 is 5.97 Å². The Morgan fingerprint density at radius 2 is 2.19 bits per heavy atom. The molecule has 3 N–H and O–H groups in total. The monoisotopic (exact) mass is 306 g/mol. The highest BCUT2D eigenvalue weighted by molar-refractivity contribution is 7.14. The Balaban J connectivity index is 1.73. The lowest BCUT2D eigenvalue weighted by atomic mass is 9.96. The first-order valence-corrected chi connectivity index (χ1v) is 7.55. The molecule has 0 fully saturated rings. The van der Waals surface area contributed by atoms with Crippen molar-refractivity contribution in [2.24, 2.45) is 0 Å². The second-order valence-electron chi connectivity index (χ2n) is 4.91. The molecule has 0 atom stereocenters. The number of nitrogens with zero attached hydrogens (tertiary/aromatic N) is 2. The Morgan fingerprint density at radius 1 is 1.38 bits per heavy atom. The number of hydrogen-bond acceptors (Lipinski definition) is 5. The molecule has 0 unspecified atom stereocenters. The minimum Gasteiger partial charge on any atom is -0.481 e. The van der Waals surface area contributed by atoms with Gasteiger partial charge in [-0.15, -0.1) is 11.3 Å². The molecule has 1 amide bonds. The van der Waals surface area contributed by atoms with E-state index in [0.29, 0.717) is 16.5 Å². The molecule has 0 spiro atoms. The van der Waals surface area contributed by atoms with Crippen molar-refractivity contribution < 1.29 is 14.7 Å². The van der Waals surface area contributed by atoms with Crippen LogP contribution in [0.15, 0.2) is 5.38 Å². The summed E-state index contributed by atoms with van der Waals surface area (Å²) in [6.07, 6.45) is 3.81. The number of anilines is 1. The maximum absolute atomic E-state index is 12.2. The number of rotatable bonds is 4. The molecular formula is C13H14N4O3S. The number of aliphatic carboxylic acids is 1. The number of aromatic nitrogens is 3. The van der Waals surface area contributed by atoms with Gasteiger partial charge in [-0.25, -0.2) is 4.98 Å². The molecule has 8 heteroatoms. The molecule has 110 valence electrons. The lowest BCUT2D eigenvalue weighted by Gasteiger charge is -2.10. The van der Waals surface area contributed by atoms with Gasteiger partial charge in [-0.2, -0.15) is 5.10 Å². The van der Waals surface area contributed by atoms with Gasteiger partial charge in [-0.1, -0.05) is 0 Å². The van der Waals surface area contributed by atoms with Gasteiger partial charge in [0.15, 0.2) is 10.8 Å². The number of hydrogen-bond donors (Lipinski definition) is 3. The average molecular weight is 306 g/mol. The van der Waals surface area contributed by atoms with E-state index >= 15 is 0 Å². The Labute approximate surface area is 124 Å². The molecule has 3 rings (SSSR count). The third-order valence-corrected chi connectivity index (χ3v) is 4.18. The topological polar surface area (TPSA) is 108 Å². The number of aromatic amines is 1. The van der Waals surface area contributed by atoms with Gasteiger partial charge in [-0.3, -0.25) is 20.0 Å². The first kappa shape index (κ1) is 13.7. The fourth-order valence-electron chi connectivity index (χ4n) is 2.43. The van der Waals surface area contributed by atoms with Crippen LogP contribution in [-0.2, 0) is 24.1 Å². The van der Waals surface area contributed by atoms with Gasteiger partial charge in [0, 0.05) is 16.6 Å². The molecule has 0 aliphatic heterocycles. The summed E-state index contributed by atoms with van der Waals surface area (Å²) >= 11 is 1.21. The molecular weight excluding hydrogens is 292 g/mol. The van der Waals surface area contributed by atoms with E-state index in [1.54, 1.807) is 5.38 Å². The zero-order valence-corrected chi connectivity index (χ0v) is 12.0. The van der Waals surface area contributed by atoms with Crippen molar-refractivity contribution in [3.8, 4) is 0 Å². The Kier molecular flexibility index (Phi) is 3.70. The third kappa shape index (κ3) is 2.94. The van der Waals surface area contributed by atoms with Crippen molar-refractivity contribution >= 4 is 28.3 Å². The van der Waals surface area contributed by atoms with E-state index in [2.05, 4.69) is 20.5 Å². The van der Waals surface area contributed by atoms with Crippen LogP contribution >= 0.6 is 11.3 Å². The quantitative estimate of drug-likeness (QED) is 0.795. The molecule has 7 nitrogen and oxygen atoms in total. The highest BCUT2D eigenvalue weighted by Crippen LogP contribution is 2.23. The van der Waals surface area contributed by atoms with Crippen molar-refractivity contribution in [3.63, 3.8) is 0 Å². The van der Waals surface area contributed by atoms with Crippen molar-refractivity contribution in [2.75, 3.05) is 5.32 Å². The predicted molar refractivity (Wildman–Crippen MR) is 76.6 cm³/mol. The predicted octanol–water partition coefficient (Wildman–Crippen LogP) is 1.62. The van der Waals surface area contributed by atoms with E-state index in [1.165, 1.54) is 11.3 Å². The highest BCUT2D eigenvalue weighted by Gasteiger charge is 2.22. The zero-order chi connectivity index (χ0) is 14.8. The molecule has 0 bridgehead atoms. The SMILES string of the molecule is O=C(O)Cc1csc(NC(=O)c2n[nH]c3c2CCCC3)n1. The summed E-state index contributed by atoms with van der Waals surface area (Å²) < 4.78 is 0. The van der Waals surface area contributed by atoms with Crippen LogP contribution < -0.4 is 5.32 Å². The van der Waals surface area contributed by atoms with Crippen LogP contribution in [0.4, 0.5) is 5.13 Å². The summed E-state index contributed by atoms with van der Waals surface area (Å²) in [6.45, 7) is 0. The zero-order valence-electron chi connectivity index (χ0n) is 11.2. The van der Waals surface area contributed by atoms with Crippen LogP contribution in [0.2, 0.25) is 0 Å². The maximum Gasteiger partial charge on any atom is 0.309 e. The first-order chi connectivity index (χ1) is 10.1. The van der Waals surface area contributed by atoms with E-state index in [-0.39, 0.29) is 12.3 Å². The smallest absolute Gasteiger partial charge is 0.309 e. The van der Waals surface area contributed by atoms with E-state index < -0.39 is 5.97 Å². The minimum atomic E-state index is -0.945. The van der Waals surface area contributed by atoms with Crippen molar-refractivity contribution in [3.05, 3.63) is 28.0 Å². The first-order valence-electron chi connectivity index (χ1n) is 6.67. The van der Waals surface area contributed by atoms with Crippen LogP contribution in [0.3, 0.4) is 0 Å². The Hall–Kier alpha value is -2.22. The summed E-state index contributed by atoms with van der Waals surface area (Å²) in [5, 5.41) is 20.4. The number of carbonyl (C=O) groups is 2. The Bertz CT molecular complexity index is 691. The number of nitrogens with one attached hydrogen (secondary N) is 2. The number of aryl methyl sites for hydroxylation is 1. The molecule has 1 aliphatic carbocycles. The van der Waals surface area contributed by atoms with Crippen LogP contribution in [0, 0.1) is 0 Å². The molecule has 0 aromatic carbocycles. The van der Waals surface area contributed by atoms with E-state index in [4.69, 9.17) is 5.11 Å². The van der Waals surface area contributed by atoms with Crippen molar-refractivity contribution in [1.82, 2.24) is 15.2 Å². The van der Waals surface area contributed by atoms with Crippen LogP contribution in [-0.4, -0.2) is 32.2 Å². The number of H-pyrrole nitrogens is 1. The average Bonchev–Trinajstić information content (AvgIpc) is 3.04. The second-order valence-corrected chi connectivity index (χ2v) is 5.76. The van der Waals surface area contributed by atoms with Crippen molar-refractivity contribution in [2.45, 2.75) is 32.1 Å². The summed E-state index contributed by atoms with van der Waals surface area (Å²) in [7, 11) is 0. The van der Waals surface area contributed by atoms with Gasteiger partial charge in [0.2, 0.25) is 0 Å². The number of carbonyl (C=O) groups excluding carboxylic acids is 1. The highest BCUT2D eigenvalue weighted by atomic mass is 32.1. The molecule has 21 heavy (non-hydrogen) atoms. The van der Waals surface area contributed by atoms with Crippen molar-refractivity contribution in [1.29, 1.82) is 0 Å². The van der Waals surface area contributed by atoms with Gasteiger partial charge in [0.1, 0.15) is 0 Å². The molecule has 0 saturated carbocycles. The molecule has 2 aromatic rings. The fraction of sp³-hybridized carbons (Fsp3) is 0.385. The van der Waals surface area contributed by atoms with Crippen LogP contribution in [0.1, 0.15) is 40.3 Å². The lowest BCUT2D eigenvalue weighted by Crippen LogP contribution is -2.15. The number of amides is 1. The summed E-state index contributed by atoms with van der Waals surface area (Å²) in [6, 6.07) is 0. The van der Waals surface area contributed by atoms with E-state index in [1.807, 2.05) is 0 Å². The third-order valence-electron chi connectivity index (χ3n) is 3.38. The number of carboxylic acid groups (broad SMARTS) is 1. The standard InChI is InChI=1S/C13H14N4O3S/c18-10(19)5-7-6-21-13(14-7)15-12(20)11-8-3-1-2-4-9(8)16-17-11/h6H,1-5H2,(H,16,17)(H,18,19)(H,14,15,20). The molecule has 0 radical (unpaired) electrons. The number of fused-ring (bicyclic) bond motifs is 1. The fourth-order valence-corrected chi connectivity index (χ4v) is 3.13. The molecule has 1 aliphatic rings. The summed E-state index contributed by atoms with van der Waals surface area (Å²) in [5.41, 5.74) is 2.88. The van der Waals surface area contributed by atoms with Crippen LogP contribution in [0.25, 0.3) is 0 Å². The van der Waals surface area contributed by atoms with Gasteiger partial charge < -0.3 is 5.11 Å². The van der Waals surface area contributed by atoms with Gasteiger partial charge in [-0.05, 0) is 25.7 Å².